The summed E-state index contributed by atoms with van der Waals surface area (Å²) in [6, 6.07) is 11.3. The van der Waals surface area contributed by atoms with Gasteiger partial charge in [-0.3, -0.25) is 9.59 Å². The summed E-state index contributed by atoms with van der Waals surface area (Å²) in [5, 5.41) is 21.8. The van der Waals surface area contributed by atoms with Crippen molar-refractivity contribution in [2.75, 3.05) is 12.3 Å². The predicted molar refractivity (Wildman–Crippen MR) is 155 cm³/mol. The topological polar surface area (TPSA) is 132 Å². The number of halogens is 2. The molecule has 0 spiro atoms. The zero-order valence-electron chi connectivity index (χ0n) is 24.6. The smallest absolute Gasteiger partial charge is 0.193 e. The van der Waals surface area contributed by atoms with E-state index in [9.17, 15) is 19.8 Å². The molecule has 232 valence electrons. The van der Waals surface area contributed by atoms with Crippen molar-refractivity contribution in [2.45, 2.75) is 75.5 Å². The highest BCUT2D eigenvalue weighted by Gasteiger charge is 2.80. The molecule has 44 heavy (non-hydrogen) atoms. The number of nitrogens with zero attached hydrogens (tertiary/aromatic N) is 1. The highest BCUT2D eigenvalue weighted by atomic mass is 19.1. The Kier molecular flexibility index (Phi) is 6.58. The standard InChI is InChI=1S/C34H36F2N2O6/c1-31-9-7-21(40)13-24(31)25(35)14-23-22-15-28-34(27(42)17-39,32(22,2)16-26(41)33(23,31)36)44-30(43-28)20-5-3-18(4-6-20)11-19-8-10-38-29(37)12-19/h3-10,12-13,22-23,25-26,28,30,39,41H,11,14-17H2,1-2H3,(H2,37,38)/t22-,23-,25-,26-,28+,30+,31-,32-,33-,34+/m0/s1. The van der Waals surface area contributed by atoms with E-state index in [-0.39, 0.29) is 24.8 Å². The number of ether oxygens (including phenoxy) is 2. The van der Waals surface area contributed by atoms with E-state index in [1.165, 1.54) is 19.1 Å². The Morgan fingerprint density at radius 3 is 2.59 bits per heavy atom. The maximum absolute atomic E-state index is 17.5. The van der Waals surface area contributed by atoms with Gasteiger partial charge in [-0.25, -0.2) is 13.8 Å². The minimum atomic E-state index is -2.29. The Labute approximate surface area is 254 Å². The van der Waals surface area contributed by atoms with Gasteiger partial charge in [-0.1, -0.05) is 37.3 Å². The Balaban J connectivity index is 1.21. The van der Waals surface area contributed by atoms with E-state index >= 15 is 8.78 Å². The molecular weight excluding hydrogens is 570 g/mol. The molecule has 0 bridgehead atoms. The van der Waals surface area contributed by atoms with E-state index in [1.54, 1.807) is 13.1 Å². The number of nitrogens with two attached hydrogens (primary N) is 1. The first-order valence-corrected chi connectivity index (χ1v) is 15.1. The number of hydrogen-bond donors (Lipinski definition) is 3. The van der Waals surface area contributed by atoms with Crippen LogP contribution in [0.4, 0.5) is 14.6 Å². The largest absolute Gasteiger partial charge is 0.390 e. The summed E-state index contributed by atoms with van der Waals surface area (Å²) in [4.78, 5) is 29.8. The number of fused-ring (bicyclic) bond motifs is 7. The van der Waals surface area contributed by atoms with Crippen molar-refractivity contribution >= 4 is 17.4 Å². The molecule has 1 aromatic carbocycles. The summed E-state index contributed by atoms with van der Waals surface area (Å²) in [6.45, 7) is 2.48. The first kappa shape index (κ1) is 29.4. The number of rotatable bonds is 5. The molecule has 10 heteroatoms. The average molecular weight is 607 g/mol. The second kappa shape index (κ2) is 9.84. The minimum absolute atomic E-state index is 0.0363. The van der Waals surface area contributed by atoms with E-state index in [0.717, 1.165) is 17.2 Å². The number of aliphatic hydroxyl groups is 2. The van der Waals surface area contributed by atoms with E-state index < -0.39 is 76.8 Å². The fraction of sp³-hybridized carbons (Fsp3) is 0.500. The van der Waals surface area contributed by atoms with Crippen LogP contribution in [0, 0.1) is 22.7 Å². The van der Waals surface area contributed by atoms with E-state index in [4.69, 9.17) is 15.2 Å². The molecule has 4 fully saturated rings. The van der Waals surface area contributed by atoms with Gasteiger partial charge < -0.3 is 25.4 Å². The molecule has 4 N–H and O–H groups in total. The number of pyridine rings is 1. The van der Waals surface area contributed by atoms with Gasteiger partial charge in [-0.15, -0.1) is 0 Å². The molecule has 3 saturated carbocycles. The molecule has 4 aliphatic carbocycles. The average Bonchev–Trinajstić information content (AvgIpc) is 3.49. The van der Waals surface area contributed by atoms with Crippen molar-refractivity contribution in [3.05, 3.63) is 83.1 Å². The van der Waals surface area contributed by atoms with Crippen molar-refractivity contribution in [2.24, 2.45) is 22.7 Å². The molecule has 1 aromatic heterocycles. The number of ketones is 2. The molecule has 1 aliphatic heterocycles. The third-order valence-electron chi connectivity index (χ3n) is 11.4. The number of alkyl halides is 2. The molecule has 2 aromatic rings. The lowest BCUT2D eigenvalue weighted by Gasteiger charge is -2.63. The summed E-state index contributed by atoms with van der Waals surface area (Å²) in [6.07, 6.45) is 0.846. The lowest BCUT2D eigenvalue weighted by molar-refractivity contribution is -0.235. The normalized spacial score (nSPS) is 42.2. The fourth-order valence-electron chi connectivity index (χ4n) is 9.35. The van der Waals surface area contributed by atoms with Crippen molar-refractivity contribution in [3.8, 4) is 0 Å². The van der Waals surface area contributed by atoms with Gasteiger partial charge >= 0.3 is 0 Å². The Bertz CT molecular complexity index is 1600. The van der Waals surface area contributed by atoms with E-state index in [2.05, 4.69) is 4.98 Å². The van der Waals surface area contributed by atoms with Crippen molar-refractivity contribution in [1.82, 2.24) is 4.98 Å². The third-order valence-corrected chi connectivity index (χ3v) is 11.4. The number of nitrogen functional groups attached to an aromatic ring is 1. The monoisotopic (exact) mass is 606 g/mol. The highest BCUT2D eigenvalue weighted by Crippen LogP contribution is 2.72. The second-order valence-electron chi connectivity index (χ2n) is 13.5. The molecule has 0 radical (unpaired) electrons. The number of allylic oxidation sites excluding steroid dienone is 4. The Morgan fingerprint density at radius 1 is 1.14 bits per heavy atom. The summed E-state index contributed by atoms with van der Waals surface area (Å²) >= 11 is 0. The maximum Gasteiger partial charge on any atom is 0.193 e. The van der Waals surface area contributed by atoms with Crippen LogP contribution in [-0.4, -0.2) is 63.0 Å². The van der Waals surface area contributed by atoms with Crippen LogP contribution in [0.1, 0.15) is 56.1 Å². The number of carbonyl (C=O) groups excluding carboxylic acids is 2. The molecule has 7 rings (SSSR count). The third kappa shape index (κ3) is 3.77. The number of aliphatic hydroxyl groups excluding tert-OH is 2. The zero-order valence-corrected chi connectivity index (χ0v) is 24.6. The van der Waals surface area contributed by atoms with Crippen LogP contribution in [0.2, 0.25) is 0 Å². The summed E-state index contributed by atoms with van der Waals surface area (Å²) in [5.74, 6) is -2.18. The van der Waals surface area contributed by atoms with Gasteiger partial charge in [0.1, 0.15) is 18.6 Å². The van der Waals surface area contributed by atoms with Crippen LogP contribution < -0.4 is 5.73 Å². The van der Waals surface area contributed by atoms with Crippen molar-refractivity contribution in [1.29, 1.82) is 0 Å². The van der Waals surface area contributed by atoms with Crippen molar-refractivity contribution in [3.63, 3.8) is 0 Å². The van der Waals surface area contributed by atoms with Crippen LogP contribution in [0.5, 0.6) is 0 Å². The molecule has 0 amide bonds. The summed E-state index contributed by atoms with van der Waals surface area (Å²) < 4.78 is 46.3. The van der Waals surface area contributed by atoms with Crippen LogP contribution in [0.15, 0.2) is 66.4 Å². The Morgan fingerprint density at radius 2 is 1.89 bits per heavy atom. The number of aromatic nitrogens is 1. The lowest BCUT2D eigenvalue weighted by Crippen LogP contribution is -2.70. The number of Topliss-reactive ketones (excluding diaryl/α,β-unsaturated/α-hetero) is 1. The number of anilines is 1. The summed E-state index contributed by atoms with van der Waals surface area (Å²) in [5.41, 5.74) is 1.86. The van der Waals surface area contributed by atoms with Crippen LogP contribution in [0.25, 0.3) is 0 Å². The van der Waals surface area contributed by atoms with Crippen LogP contribution >= 0.6 is 0 Å². The lowest BCUT2D eigenvalue weighted by atomic mass is 9.44. The number of carbonyl (C=O) groups is 2. The van der Waals surface area contributed by atoms with Gasteiger partial charge in [0, 0.05) is 28.5 Å². The van der Waals surface area contributed by atoms with Gasteiger partial charge in [-0.2, -0.15) is 0 Å². The SMILES string of the molecule is C[C@]12C=CC(=O)C=C1[C@@H](F)C[C@H]1[C@@H]3C[C@H]4O[C@@H](c5ccc(Cc6ccnc(N)c6)cc5)O[C@@]4(C(=O)CO)[C@@]3(C)C[C@H](O)[C@@]12F. The minimum Gasteiger partial charge on any atom is -0.390 e. The maximum atomic E-state index is 17.5. The van der Waals surface area contributed by atoms with Gasteiger partial charge in [0.25, 0.3) is 0 Å². The van der Waals surface area contributed by atoms with E-state index in [1.807, 2.05) is 36.4 Å². The number of hydrogen-bond acceptors (Lipinski definition) is 8. The van der Waals surface area contributed by atoms with Gasteiger partial charge in [0.15, 0.2) is 29.1 Å². The molecule has 8 nitrogen and oxygen atoms in total. The van der Waals surface area contributed by atoms with Gasteiger partial charge in [0.2, 0.25) is 0 Å². The Hall–Kier alpha value is -3.31. The predicted octanol–water partition coefficient (Wildman–Crippen LogP) is 3.90. The highest BCUT2D eigenvalue weighted by molar-refractivity contribution is 6.01. The van der Waals surface area contributed by atoms with Gasteiger partial charge in [0.05, 0.1) is 12.2 Å². The molecule has 10 atom stereocenters. The summed E-state index contributed by atoms with van der Waals surface area (Å²) in [7, 11) is 0. The molecule has 2 heterocycles. The fourth-order valence-corrected chi connectivity index (χ4v) is 9.35. The second-order valence-corrected chi connectivity index (χ2v) is 13.5. The zero-order chi connectivity index (χ0) is 31.2. The van der Waals surface area contributed by atoms with Gasteiger partial charge in [-0.05, 0) is 79.5 Å². The van der Waals surface area contributed by atoms with E-state index in [0.29, 0.717) is 17.8 Å². The number of benzene rings is 1. The van der Waals surface area contributed by atoms with Crippen molar-refractivity contribution < 1.29 is 38.1 Å². The molecule has 0 unspecified atom stereocenters. The molecule has 5 aliphatic rings. The molecule has 1 saturated heterocycles. The van der Waals surface area contributed by atoms with Crippen LogP contribution in [-0.2, 0) is 25.5 Å². The first-order valence-electron chi connectivity index (χ1n) is 15.1. The molecular formula is C34H36F2N2O6. The van der Waals surface area contributed by atoms with Crippen LogP contribution in [0.3, 0.4) is 0 Å². The quantitative estimate of drug-likeness (QED) is 0.467. The first-order chi connectivity index (χ1) is 20.9.